The van der Waals surface area contributed by atoms with Crippen LogP contribution in [0.15, 0.2) is 55.0 Å². The molecule has 3 aromatic rings. The van der Waals surface area contributed by atoms with E-state index in [9.17, 15) is 0 Å². The third-order valence-corrected chi connectivity index (χ3v) is 7.19. The summed E-state index contributed by atoms with van der Waals surface area (Å²) in [6, 6.07) is 13.0. The minimum atomic E-state index is 0.140. The quantitative estimate of drug-likeness (QED) is 0.268. The maximum absolute atomic E-state index is 4.52. The number of pyridine rings is 3. The summed E-state index contributed by atoms with van der Waals surface area (Å²) < 4.78 is 0. The number of hydrogen-bond acceptors (Lipinski definition) is 3. The average Bonchev–Trinajstić information content (AvgIpc) is 2.82. The van der Waals surface area contributed by atoms with Gasteiger partial charge in [-0.15, -0.1) is 0 Å². The van der Waals surface area contributed by atoms with Gasteiger partial charge in [0.15, 0.2) is 0 Å². The van der Waals surface area contributed by atoms with E-state index in [0.29, 0.717) is 0 Å². The van der Waals surface area contributed by atoms with Crippen molar-refractivity contribution < 1.29 is 0 Å². The van der Waals surface area contributed by atoms with Gasteiger partial charge in [-0.3, -0.25) is 15.0 Å². The molecule has 0 aliphatic rings. The van der Waals surface area contributed by atoms with Crippen molar-refractivity contribution in [1.82, 2.24) is 15.0 Å². The first-order valence-corrected chi connectivity index (χ1v) is 15.5. The predicted molar refractivity (Wildman–Crippen MR) is 185 cm³/mol. The van der Waals surface area contributed by atoms with Crippen molar-refractivity contribution in [2.24, 2.45) is 0 Å². The van der Waals surface area contributed by atoms with E-state index in [1.165, 1.54) is 22.4 Å². The van der Waals surface area contributed by atoms with E-state index >= 15 is 0 Å². The smallest absolute Gasteiger partial charge is 0.0459 e. The molecule has 3 heterocycles. The molecule has 0 N–H and O–H groups in total. The maximum atomic E-state index is 4.52. The minimum Gasteiger partial charge on any atom is -0.261 e. The zero-order chi connectivity index (χ0) is 32.9. The molecule has 3 rings (SSSR count). The van der Waals surface area contributed by atoms with E-state index in [0.717, 1.165) is 11.4 Å². The van der Waals surface area contributed by atoms with Gasteiger partial charge in [0.1, 0.15) is 0 Å². The summed E-state index contributed by atoms with van der Waals surface area (Å²) in [6.07, 6.45) is 5.92. The van der Waals surface area contributed by atoms with E-state index in [4.69, 9.17) is 0 Å². The summed E-state index contributed by atoms with van der Waals surface area (Å²) in [4.78, 5) is 13.5. The van der Waals surface area contributed by atoms with Gasteiger partial charge >= 0.3 is 0 Å². The van der Waals surface area contributed by atoms with Gasteiger partial charge in [0.05, 0.1) is 0 Å². The molecule has 42 heavy (non-hydrogen) atoms. The second-order valence-electron chi connectivity index (χ2n) is 17.8. The molecule has 0 spiro atoms. The summed E-state index contributed by atoms with van der Waals surface area (Å²) in [7, 11) is 0. The van der Waals surface area contributed by atoms with E-state index in [-0.39, 0.29) is 32.5 Å². The van der Waals surface area contributed by atoms with Gasteiger partial charge in [-0.1, -0.05) is 137 Å². The van der Waals surface area contributed by atoms with Crippen LogP contribution in [0.4, 0.5) is 0 Å². The van der Waals surface area contributed by atoms with E-state index in [1.54, 1.807) is 0 Å². The van der Waals surface area contributed by atoms with Crippen LogP contribution in [0.5, 0.6) is 0 Å². The summed E-state index contributed by atoms with van der Waals surface area (Å²) in [6.45, 7) is 39.7. The molecular weight excluding hydrogens is 510 g/mol. The lowest BCUT2D eigenvalue weighted by atomic mass is 9.84. The molecule has 234 valence electrons. The fourth-order valence-electron chi connectivity index (χ4n) is 3.87. The first kappa shape index (κ1) is 37.5. The Morgan fingerprint density at radius 2 is 0.667 bits per heavy atom. The van der Waals surface area contributed by atoms with Crippen molar-refractivity contribution in [1.29, 1.82) is 0 Å². The molecule has 0 saturated heterocycles. The monoisotopic (exact) mass is 574 g/mol. The summed E-state index contributed by atoms with van der Waals surface area (Å²) in [5.74, 6) is 0. The Balaban J connectivity index is 0.000000315. The standard InChI is InChI=1S/3C13H21N/c1-12(2,3)10-7-8-14-11(9-10)13(4,5)6;2*1-12(2,3)10-7-8-11(14-9-10)13(4,5)6/h3*7-9H,1-6H3. The molecule has 3 nitrogen and oxygen atoms in total. The highest BCUT2D eigenvalue weighted by Crippen LogP contribution is 2.28. The normalized spacial score (nSPS) is 13.0. The fourth-order valence-corrected chi connectivity index (χ4v) is 3.87. The van der Waals surface area contributed by atoms with Crippen LogP contribution in [0.2, 0.25) is 0 Å². The largest absolute Gasteiger partial charge is 0.261 e. The predicted octanol–water partition coefficient (Wildman–Crippen LogP) is 11.0. The highest BCUT2D eigenvalue weighted by Gasteiger charge is 2.21. The lowest BCUT2D eigenvalue weighted by molar-refractivity contribution is 0.552. The highest BCUT2D eigenvalue weighted by atomic mass is 14.7. The van der Waals surface area contributed by atoms with Crippen molar-refractivity contribution >= 4 is 0 Å². The van der Waals surface area contributed by atoms with Crippen molar-refractivity contribution in [2.45, 2.75) is 157 Å². The highest BCUT2D eigenvalue weighted by molar-refractivity contribution is 5.27. The van der Waals surface area contributed by atoms with Crippen molar-refractivity contribution in [3.63, 3.8) is 0 Å². The Kier molecular flexibility index (Phi) is 12.0. The molecule has 0 saturated carbocycles. The molecular formula is C39H63N3. The Hall–Kier alpha value is -2.55. The number of hydrogen-bond donors (Lipinski definition) is 0. The van der Waals surface area contributed by atoms with E-state index in [1.807, 2.05) is 18.6 Å². The van der Waals surface area contributed by atoms with Crippen LogP contribution >= 0.6 is 0 Å². The summed E-state index contributed by atoms with van der Waals surface area (Å²) in [5.41, 5.74) is 8.48. The molecule has 0 fully saturated rings. The Labute approximate surface area is 260 Å². The van der Waals surface area contributed by atoms with Crippen molar-refractivity contribution in [2.75, 3.05) is 0 Å². The molecule has 0 aliphatic heterocycles. The van der Waals surface area contributed by atoms with Crippen LogP contribution < -0.4 is 0 Å². The molecule has 0 aliphatic carbocycles. The van der Waals surface area contributed by atoms with Gasteiger partial charge in [-0.05, 0) is 57.2 Å². The zero-order valence-corrected chi connectivity index (χ0v) is 30.5. The average molecular weight is 574 g/mol. The van der Waals surface area contributed by atoms with Crippen molar-refractivity contribution in [3.05, 3.63) is 88.8 Å². The van der Waals surface area contributed by atoms with Crippen LogP contribution in [-0.4, -0.2) is 15.0 Å². The van der Waals surface area contributed by atoms with Crippen LogP contribution in [-0.2, 0) is 32.5 Å². The van der Waals surface area contributed by atoms with Gasteiger partial charge in [-0.2, -0.15) is 0 Å². The number of rotatable bonds is 0. The molecule has 0 radical (unpaired) electrons. The van der Waals surface area contributed by atoms with E-state index in [2.05, 4.69) is 176 Å². The molecule has 0 aromatic carbocycles. The SMILES string of the molecule is CC(C)(C)c1ccc(C(C)(C)C)nc1.CC(C)(C)c1ccc(C(C)(C)C)nc1.CC(C)(C)c1ccnc(C(C)(C)C)c1. The Morgan fingerprint density at radius 3 is 0.905 bits per heavy atom. The van der Waals surface area contributed by atoms with Gasteiger partial charge in [0.2, 0.25) is 0 Å². The van der Waals surface area contributed by atoms with Crippen LogP contribution in [0.3, 0.4) is 0 Å². The maximum Gasteiger partial charge on any atom is 0.0459 e. The van der Waals surface area contributed by atoms with Crippen molar-refractivity contribution in [3.8, 4) is 0 Å². The van der Waals surface area contributed by atoms with Gasteiger partial charge in [-0.25, -0.2) is 0 Å². The van der Waals surface area contributed by atoms with Gasteiger partial charge in [0.25, 0.3) is 0 Å². The second-order valence-corrected chi connectivity index (χ2v) is 17.8. The molecule has 0 unspecified atom stereocenters. The van der Waals surface area contributed by atoms with E-state index < -0.39 is 0 Å². The Morgan fingerprint density at radius 1 is 0.333 bits per heavy atom. The van der Waals surface area contributed by atoms with Crippen LogP contribution in [0.1, 0.15) is 158 Å². The third-order valence-electron chi connectivity index (χ3n) is 7.19. The molecule has 0 amide bonds. The number of aromatic nitrogens is 3. The second kappa shape index (κ2) is 13.4. The first-order valence-electron chi connectivity index (χ1n) is 15.5. The van der Waals surface area contributed by atoms with Crippen LogP contribution in [0.25, 0.3) is 0 Å². The van der Waals surface area contributed by atoms with Gasteiger partial charge < -0.3 is 0 Å². The third kappa shape index (κ3) is 12.4. The summed E-state index contributed by atoms with van der Waals surface area (Å²) in [5, 5.41) is 0. The topological polar surface area (TPSA) is 38.7 Å². The fraction of sp³-hybridized carbons (Fsp3) is 0.615. The Bertz CT molecular complexity index is 1060. The molecule has 3 heteroatoms. The molecule has 0 bridgehead atoms. The van der Waals surface area contributed by atoms with Gasteiger partial charge in [0, 0.05) is 51.9 Å². The molecule has 0 atom stereocenters. The minimum absolute atomic E-state index is 0.140. The molecule has 3 aromatic heterocycles. The first-order chi connectivity index (χ1) is 18.6. The van der Waals surface area contributed by atoms with Crippen LogP contribution in [0, 0.1) is 0 Å². The lowest BCUT2D eigenvalue weighted by Crippen LogP contribution is -2.17. The lowest BCUT2D eigenvalue weighted by Gasteiger charge is -2.23. The zero-order valence-electron chi connectivity index (χ0n) is 30.5. The number of nitrogens with zero attached hydrogens (tertiary/aromatic N) is 3. The summed E-state index contributed by atoms with van der Waals surface area (Å²) >= 11 is 0.